The minimum absolute atomic E-state index is 0.0885. The normalized spacial score (nSPS) is 11.0. The lowest BCUT2D eigenvalue weighted by molar-refractivity contribution is 0.0600. The van der Waals surface area contributed by atoms with Crippen LogP contribution in [-0.2, 0) is 4.74 Å². The summed E-state index contributed by atoms with van der Waals surface area (Å²) < 4.78 is 7.01. The van der Waals surface area contributed by atoms with Crippen molar-refractivity contribution >= 4 is 49.3 Å². The monoisotopic (exact) mass is 424 g/mol. The van der Waals surface area contributed by atoms with Crippen LogP contribution in [0.2, 0.25) is 0 Å². The molecule has 8 heteroatoms. The number of benzene rings is 2. The maximum absolute atomic E-state index is 13.3. The van der Waals surface area contributed by atoms with E-state index in [2.05, 4.69) is 26.1 Å². The van der Waals surface area contributed by atoms with E-state index in [1.54, 1.807) is 36.7 Å². The van der Waals surface area contributed by atoms with Crippen molar-refractivity contribution in [2.45, 2.75) is 0 Å². The van der Waals surface area contributed by atoms with Gasteiger partial charge in [0, 0.05) is 20.6 Å². The van der Waals surface area contributed by atoms with Gasteiger partial charge in [0.2, 0.25) is 0 Å². The highest BCUT2D eigenvalue weighted by Crippen LogP contribution is 2.30. The zero-order valence-corrected chi connectivity index (χ0v) is 15.7. The number of pyridine rings is 1. The Labute approximate surface area is 161 Å². The molecule has 0 spiro atoms. The fraction of sp³-hybridized carbons (Fsp3) is 0.0526. The fourth-order valence-corrected chi connectivity index (χ4v) is 3.48. The first-order chi connectivity index (χ1) is 13.0. The van der Waals surface area contributed by atoms with Crippen LogP contribution >= 0.6 is 15.9 Å². The van der Waals surface area contributed by atoms with Crippen LogP contribution in [0.25, 0.3) is 27.4 Å². The molecule has 0 aliphatic rings. The third-order valence-electron chi connectivity index (χ3n) is 4.37. The number of carbonyl (C=O) groups excluding carboxylic acids is 1. The molecule has 4 rings (SSSR count). The number of methoxy groups -OCH3 is 1. The maximum Gasteiger partial charge on any atom is 0.345 e. The van der Waals surface area contributed by atoms with Gasteiger partial charge in [0.1, 0.15) is 5.56 Å². The van der Waals surface area contributed by atoms with Gasteiger partial charge in [-0.2, -0.15) is 10.2 Å². The van der Waals surface area contributed by atoms with E-state index in [9.17, 15) is 9.59 Å². The molecule has 0 unspecified atom stereocenters. The molecular formula is C19H13BrN4O3. The Morgan fingerprint density at radius 2 is 1.93 bits per heavy atom. The number of nitrogens with two attached hydrogens (primary N) is 1. The highest BCUT2D eigenvalue weighted by atomic mass is 79.9. The van der Waals surface area contributed by atoms with Gasteiger partial charge in [-0.1, -0.05) is 28.1 Å². The number of anilines is 1. The van der Waals surface area contributed by atoms with Crippen molar-refractivity contribution < 1.29 is 9.53 Å². The number of rotatable bonds is 2. The third-order valence-corrected chi connectivity index (χ3v) is 4.87. The van der Waals surface area contributed by atoms with E-state index < -0.39 is 11.5 Å². The van der Waals surface area contributed by atoms with Crippen molar-refractivity contribution in [3.05, 3.63) is 69.2 Å². The molecule has 0 atom stereocenters. The van der Waals surface area contributed by atoms with Crippen molar-refractivity contribution in [3.63, 3.8) is 0 Å². The molecule has 2 heterocycles. The highest BCUT2D eigenvalue weighted by Gasteiger charge is 2.23. The number of carbonyl (C=O) groups is 1. The first-order valence-corrected chi connectivity index (χ1v) is 8.74. The molecule has 0 amide bonds. The predicted octanol–water partition coefficient (Wildman–Crippen LogP) is 3.07. The summed E-state index contributed by atoms with van der Waals surface area (Å²) in [6, 6.07) is 10.8. The number of aromatic nitrogens is 3. The summed E-state index contributed by atoms with van der Waals surface area (Å²) in [6.07, 6.45) is 3.19. The second-order valence-electron chi connectivity index (χ2n) is 5.85. The van der Waals surface area contributed by atoms with Crippen LogP contribution in [0.15, 0.2) is 58.1 Å². The number of hydrogen-bond acceptors (Lipinski definition) is 6. The molecule has 2 aromatic heterocycles. The largest absolute Gasteiger partial charge is 0.465 e. The molecule has 0 aliphatic heterocycles. The quantitative estimate of drug-likeness (QED) is 0.496. The number of esters is 1. The van der Waals surface area contributed by atoms with E-state index in [1.165, 1.54) is 11.7 Å². The zero-order chi connectivity index (χ0) is 19.1. The van der Waals surface area contributed by atoms with E-state index in [4.69, 9.17) is 10.5 Å². The molecule has 0 fully saturated rings. The van der Waals surface area contributed by atoms with Crippen LogP contribution in [0.1, 0.15) is 10.4 Å². The van der Waals surface area contributed by atoms with Gasteiger partial charge in [-0.05, 0) is 24.3 Å². The summed E-state index contributed by atoms with van der Waals surface area (Å²) in [5, 5.41) is 9.91. The molecule has 0 radical (unpaired) electrons. The van der Waals surface area contributed by atoms with Gasteiger partial charge in [0.05, 0.1) is 36.4 Å². The molecular weight excluding hydrogens is 412 g/mol. The van der Waals surface area contributed by atoms with Gasteiger partial charge in [-0.3, -0.25) is 9.36 Å². The summed E-state index contributed by atoms with van der Waals surface area (Å²) >= 11 is 3.43. The van der Waals surface area contributed by atoms with E-state index in [1.807, 2.05) is 12.1 Å². The SMILES string of the molecule is COC(=O)c1c(N)c2ccc(Br)cc2n(-c2cccc3cnncc23)c1=O. The van der Waals surface area contributed by atoms with Crippen LogP contribution in [0, 0.1) is 0 Å². The Hall–Kier alpha value is -3.26. The van der Waals surface area contributed by atoms with Gasteiger partial charge in [0.15, 0.2) is 0 Å². The average molecular weight is 425 g/mol. The average Bonchev–Trinajstić information content (AvgIpc) is 2.68. The molecule has 2 N–H and O–H groups in total. The molecule has 0 saturated heterocycles. The Balaban J connectivity index is 2.24. The minimum Gasteiger partial charge on any atom is -0.465 e. The molecule has 4 aromatic rings. The number of fused-ring (bicyclic) bond motifs is 2. The minimum atomic E-state index is -0.781. The van der Waals surface area contributed by atoms with Crippen molar-refractivity contribution in [1.29, 1.82) is 0 Å². The zero-order valence-electron chi connectivity index (χ0n) is 14.1. The van der Waals surface area contributed by atoms with Crippen LogP contribution in [0.4, 0.5) is 5.69 Å². The van der Waals surface area contributed by atoms with Crippen molar-refractivity contribution in [2.24, 2.45) is 0 Å². The molecule has 2 aromatic carbocycles. The van der Waals surface area contributed by atoms with Gasteiger partial charge in [0.25, 0.3) is 5.56 Å². The third kappa shape index (κ3) is 2.65. The Kier molecular flexibility index (Phi) is 4.12. The van der Waals surface area contributed by atoms with E-state index in [-0.39, 0.29) is 11.3 Å². The van der Waals surface area contributed by atoms with Crippen LogP contribution in [0.5, 0.6) is 0 Å². The molecule has 0 aliphatic carbocycles. The summed E-state index contributed by atoms with van der Waals surface area (Å²) in [5.74, 6) is -0.781. The first-order valence-electron chi connectivity index (χ1n) is 7.94. The van der Waals surface area contributed by atoms with Crippen molar-refractivity contribution in [1.82, 2.24) is 14.8 Å². The summed E-state index contributed by atoms with van der Waals surface area (Å²) in [5.41, 5.74) is 6.61. The lowest BCUT2D eigenvalue weighted by Gasteiger charge is -2.16. The first kappa shape index (κ1) is 17.2. The van der Waals surface area contributed by atoms with Gasteiger partial charge in [-0.15, -0.1) is 0 Å². The molecule has 0 saturated carbocycles. The Morgan fingerprint density at radius 1 is 1.15 bits per heavy atom. The Morgan fingerprint density at radius 3 is 2.70 bits per heavy atom. The smallest absolute Gasteiger partial charge is 0.345 e. The molecule has 0 bridgehead atoms. The summed E-state index contributed by atoms with van der Waals surface area (Å²) in [6.45, 7) is 0. The number of nitrogens with zero attached hydrogens (tertiary/aromatic N) is 3. The standard InChI is InChI=1S/C19H13BrN4O3/c1-27-19(26)16-17(21)12-6-5-11(20)7-15(12)24(18(16)25)14-4-2-3-10-8-22-23-9-13(10)14/h2-9H,21H2,1H3. The molecule has 7 nitrogen and oxygen atoms in total. The van der Waals surface area contributed by atoms with E-state index in [0.29, 0.717) is 16.6 Å². The van der Waals surface area contributed by atoms with Gasteiger partial charge < -0.3 is 10.5 Å². The number of ether oxygens (including phenoxy) is 1. The second-order valence-corrected chi connectivity index (χ2v) is 6.77. The van der Waals surface area contributed by atoms with Crippen LogP contribution in [0.3, 0.4) is 0 Å². The summed E-state index contributed by atoms with van der Waals surface area (Å²) in [4.78, 5) is 25.6. The fourth-order valence-electron chi connectivity index (χ4n) is 3.13. The van der Waals surface area contributed by atoms with Crippen LogP contribution in [-0.4, -0.2) is 27.8 Å². The van der Waals surface area contributed by atoms with E-state index >= 15 is 0 Å². The van der Waals surface area contributed by atoms with Crippen LogP contribution < -0.4 is 11.3 Å². The lowest BCUT2D eigenvalue weighted by Crippen LogP contribution is -2.28. The topological polar surface area (TPSA) is 100 Å². The Bertz CT molecular complexity index is 1280. The predicted molar refractivity (Wildman–Crippen MR) is 106 cm³/mol. The lowest BCUT2D eigenvalue weighted by atomic mass is 10.1. The summed E-state index contributed by atoms with van der Waals surface area (Å²) in [7, 11) is 1.21. The number of halogens is 1. The van der Waals surface area contributed by atoms with Crippen molar-refractivity contribution in [2.75, 3.05) is 12.8 Å². The number of nitrogen functional groups attached to an aromatic ring is 1. The number of hydrogen-bond donors (Lipinski definition) is 1. The van der Waals surface area contributed by atoms with Crippen molar-refractivity contribution in [3.8, 4) is 5.69 Å². The van der Waals surface area contributed by atoms with E-state index in [0.717, 1.165) is 15.2 Å². The van der Waals surface area contributed by atoms with Gasteiger partial charge in [-0.25, -0.2) is 4.79 Å². The molecule has 27 heavy (non-hydrogen) atoms. The highest BCUT2D eigenvalue weighted by molar-refractivity contribution is 9.10. The second kappa shape index (κ2) is 6.48. The molecule has 134 valence electrons. The van der Waals surface area contributed by atoms with Gasteiger partial charge >= 0.3 is 5.97 Å². The maximum atomic E-state index is 13.3.